The van der Waals surface area contributed by atoms with Crippen LogP contribution in [0.25, 0.3) is 0 Å². The summed E-state index contributed by atoms with van der Waals surface area (Å²) in [5, 5.41) is 2.79. The molecule has 0 saturated carbocycles. The van der Waals surface area contributed by atoms with Crippen molar-refractivity contribution in [2.24, 2.45) is 4.99 Å². The molecule has 0 spiro atoms. The van der Waals surface area contributed by atoms with Crippen LogP contribution in [-0.4, -0.2) is 24.8 Å². The average molecular weight is 451 g/mol. The highest BCUT2D eigenvalue weighted by Gasteiger charge is 2.39. The van der Waals surface area contributed by atoms with Crippen LogP contribution in [-0.2, 0) is 18.4 Å². The van der Waals surface area contributed by atoms with Gasteiger partial charge in [-0.25, -0.2) is 0 Å². The lowest BCUT2D eigenvalue weighted by Crippen LogP contribution is -2.17. The average Bonchev–Trinajstić information content (AvgIpc) is 2.95. The first-order valence-electron chi connectivity index (χ1n) is 8.61. The lowest BCUT2D eigenvalue weighted by molar-refractivity contribution is -0.110. The molecule has 3 rings (SSSR count). The first-order chi connectivity index (χ1) is 13.0. The van der Waals surface area contributed by atoms with Crippen molar-refractivity contribution in [3.05, 3.63) is 64.1 Å². The Bertz CT molecular complexity index is 907. The van der Waals surface area contributed by atoms with Gasteiger partial charge in [0.1, 0.15) is 5.71 Å². The first-order valence-corrected chi connectivity index (χ1v) is 11.0. The van der Waals surface area contributed by atoms with E-state index in [-0.39, 0.29) is 24.8 Å². The minimum atomic E-state index is -3.63. The minimum Gasteiger partial charge on any atom is -0.320 e. The van der Waals surface area contributed by atoms with Crippen LogP contribution >= 0.6 is 23.5 Å². The number of anilines is 1. The van der Waals surface area contributed by atoms with Crippen LogP contribution < -0.4 is 5.32 Å². The number of rotatable bonds is 7. The number of fused-ring (bicyclic) bond motifs is 1. The maximum Gasteiger partial charge on any atom is 0.359 e. The van der Waals surface area contributed by atoms with Gasteiger partial charge < -0.3 is 14.4 Å². The van der Waals surface area contributed by atoms with Crippen LogP contribution in [0, 0.1) is 0 Å². The van der Waals surface area contributed by atoms with Crippen molar-refractivity contribution in [1.29, 1.82) is 0 Å². The van der Waals surface area contributed by atoms with Crippen molar-refractivity contribution in [3.63, 3.8) is 0 Å². The highest BCUT2D eigenvalue weighted by Crippen LogP contribution is 2.61. The fourth-order valence-electron chi connectivity index (χ4n) is 2.87. The summed E-state index contributed by atoms with van der Waals surface area (Å²) in [6.07, 6.45) is 0. The number of carbonyl (C=O) groups excluding carboxylic acids is 1. The van der Waals surface area contributed by atoms with E-state index in [1.165, 1.54) is 0 Å². The van der Waals surface area contributed by atoms with E-state index in [0.29, 0.717) is 16.8 Å². The summed E-state index contributed by atoms with van der Waals surface area (Å²) in [7, 11) is -3.63. The molecule has 0 aliphatic carbocycles. The van der Waals surface area contributed by atoms with Crippen LogP contribution in [0.4, 0.5) is 5.69 Å². The van der Waals surface area contributed by atoms with Crippen LogP contribution in [0.1, 0.15) is 30.8 Å². The topological polar surface area (TPSA) is 77.0 Å². The molecule has 0 radical (unpaired) electrons. The highest BCUT2D eigenvalue weighted by atomic mass is 79.9. The molecule has 0 aromatic heterocycles. The third kappa shape index (κ3) is 4.22. The molecule has 2 aromatic rings. The fraction of sp³-hybridized carbons (Fsp3) is 0.263. The predicted octanol–water partition coefficient (Wildman–Crippen LogP) is 5.16. The Balaban J connectivity index is 2.15. The normalized spacial score (nSPS) is 16.3. The van der Waals surface area contributed by atoms with Crippen molar-refractivity contribution < 1.29 is 18.4 Å². The number of hydrogen-bond acceptors (Lipinski definition) is 5. The number of benzene rings is 2. The molecular weight excluding hydrogens is 431 g/mol. The van der Waals surface area contributed by atoms with E-state index >= 15 is 0 Å². The molecule has 1 aliphatic rings. The van der Waals surface area contributed by atoms with E-state index < -0.39 is 13.4 Å². The molecule has 27 heavy (non-hydrogen) atoms. The van der Waals surface area contributed by atoms with Crippen molar-refractivity contribution in [3.8, 4) is 0 Å². The molecule has 2 aromatic carbocycles. The largest absolute Gasteiger partial charge is 0.359 e. The van der Waals surface area contributed by atoms with E-state index in [2.05, 4.69) is 26.2 Å². The summed E-state index contributed by atoms with van der Waals surface area (Å²) in [4.78, 5) is 17.1. The Morgan fingerprint density at radius 1 is 1.11 bits per heavy atom. The summed E-state index contributed by atoms with van der Waals surface area (Å²) in [5.74, 6) is -1.28. The molecule has 0 bridgehead atoms. The smallest absolute Gasteiger partial charge is 0.320 e. The van der Waals surface area contributed by atoms with Crippen molar-refractivity contribution in [2.45, 2.75) is 19.6 Å². The lowest BCUT2D eigenvalue weighted by Gasteiger charge is -2.24. The van der Waals surface area contributed by atoms with Gasteiger partial charge in [-0.3, -0.25) is 14.4 Å². The third-order valence-electron chi connectivity index (χ3n) is 3.97. The Labute approximate surface area is 166 Å². The molecule has 0 fully saturated rings. The SMILES string of the molecule is CCOP(=O)(OCC)[C@@H](/N=C1\C(=O)Nc2ccc(Br)cc21)c1ccccc1. The van der Waals surface area contributed by atoms with E-state index in [1.807, 2.05) is 24.3 Å². The van der Waals surface area contributed by atoms with E-state index in [0.717, 1.165) is 4.47 Å². The Hall–Kier alpha value is -1.79. The van der Waals surface area contributed by atoms with Crippen molar-refractivity contribution in [2.75, 3.05) is 18.5 Å². The second-order valence-electron chi connectivity index (χ2n) is 5.78. The van der Waals surface area contributed by atoms with Gasteiger partial charge in [0.25, 0.3) is 5.91 Å². The van der Waals surface area contributed by atoms with Gasteiger partial charge in [0, 0.05) is 10.0 Å². The van der Waals surface area contributed by atoms with E-state index in [1.54, 1.807) is 38.1 Å². The number of nitrogens with one attached hydrogen (secondary N) is 1. The predicted molar refractivity (Wildman–Crippen MR) is 109 cm³/mol. The summed E-state index contributed by atoms with van der Waals surface area (Å²) >= 11 is 3.41. The van der Waals surface area contributed by atoms with Gasteiger partial charge in [-0.15, -0.1) is 0 Å². The summed E-state index contributed by atoms with van der Waals surface area (Å²) < 4.78 is 25.4. The lowest BCUT2D eigenvalue weighted by atomic mass is 10.1. The molecule has 1 heterocycles. The molecule has 0 unspecified atom stereocenters. The number of nitrogens with zero attached hydrogens (tertiary/aromatic N) is 1. The summed E-state index contributed by atoms with van der Waals surface area (Å²) in [5.41, 5.74) is 2.18. The number of halogens is 1. The van der Waals surface area contributed by atoms with Crippen LogP contribution in [0.15, 0.2) is 58.0 Å². The van der Waals surface area contributed by atoms with E-state index in [9.17, 15) is 9.36 Å². The second-order valence-corrected chi connectivity index (χ2v) is 8.78. The first kappa shape index (κ1) is 20.0. The van der Waals surface area contributed by atoms with E-state index in [4.69, 9.17) is 9.05 Å². The zero-order chi connectivity index (χ0) is 19.4. The van der Waals surface area contributed by atoms with Crippen LogP contribution in [0.2, 0.25) is 0 Å². The Kier molecular flexibility index (Phi) is 6.27. The molecule has 0 saturated heterocycles. The van der Waals surface area contributed by atoms with Crippen molar-refractivity contribution >= 4 is 40.8 Å². The maximum absolute atomic E-state index is 13.5. The number of aliphatic imine (C=N–C) groups is 1. The quantitative estimate of drug-likeness (QED) is 0.591. The Morgan fingerprint density at radius 2 is 1.78 bits per heavy atom. The van der Waals surface area contributed by atoms with Crippen molar-refractivity contribution in [1.82, 2.24) is 0 Å². The molecule has 1 amide bonds. The molecule has 8 heteroatoms. The van der Waals surface area contributed by atoms with Crippen LogP contribution in [0.3, 0.4) is 0 Å². The second kappa shape index (κ2) is 8.48. The van der Waals surface area contributed by atoms with Gasteiger partial charge in [-0.05, 0) is 37.6 Å². The van der Waals surface area contributed by atoms with Gasteiger partial charge >= 0.3 is 7.60 Å². The third-order valence-corrected chi connectivity index (χ3v) is 6.71. The number of amides is 1. The minimum absolute atomic E-state index is 0.208. The molecule has 1 aliphatic heterocycles. The Morgan fingerprint density at radius 3 is 2.41 bits per heavy atom. The zero-order valence-corrected chi connectivity index (χ0v) is 17.5. The molecule has 142 valence electrons. The summed E-state index contributed by atoms with van der Waals surface area (Å²) in [6, 6.07) is 14.5. The maximum atomic E-state index is 13.5. The summed E-state index contributed by atoms with van der Waals surface area (Å²) in [6.45, 7) is 3.91. The zero-order valence-electron chi connectivity index (χ0n) is 15.0. The monoisotopic (exact) mass is 450 g/mol. The number of carbonyl (C=O) groups is 1. The molecule has 6 nitrogen and oxygen atoms in total. The fourth-order valence-corrected chi connectivity index (χ4v) is 5.10. The molecule has 1 N–H and O–H groups in total. The molecular formula is C19H20BrN2O4P. The van der Waals surface area contributed by atoms with Gasteiger partial charge in [0.05, 0.1) is 18.9 Å². The van der Waals surface area contributed by atoms with Crippen LogP contribution in [0.5, 0.6) is 0 Å². The van der Waals surface area contributed by atoms with Gasteiger partial charge in [-0.1, -0.05) is 46.3 Å². The van der Waals surface area contributed by atoms with Gasteiger partial charge in [0.2, 0.25) is 0 Å². The van der Waals surface area contributed by atoms with Gasteiger partial charge in [0.15, 0.2) is 5.78 Å². The number of hydrogen-bond donors (Lipinski definition) is 1. The highest BCUT2D eigenvalue weighted by molar-refractivity contribution is 9.10. The van der Waals surface area contributed by atoms with Gasteiger partial charge in [-0.2, -0.15) is 0 Å². The molecule has 1 atom stereocenters. The standard InChI is InChI=1S/C19H20BrN2O4P/c1-3-25-27(24,26-4-2)19(13-8-6-5-7-9-13)22-17-15-12-14(20)10-11-16(15)21-18(17)23/h5-12,19H,3-4H2,1-2H3,(H,21,22,23)/t19-/m1/s1.